The minimum atomic E-state index is -0.236. The number of ketones is 1. The van der Waals surface area contributed by atoms with Crippen LogP contribution in [0, 0.1) is 0 Å². The van der Waals surface area contributed by atoms with Crippen molar-refractivity contribution in [2.45, 2.75) is 39.8 Å². The van der Waals surface area contributed by atoms with Crippen molar-refractivity contribution in [2.75, 3.05) is 5.32 Å². The summed E-state index contributed by atoms with van der Waals surface area (Å²) in [6.07, 6.45) is 4.12. The van der Waals surface area contributed by atoms with Gasteiger partial charge in [0.2, 0.25) is 5.95 Å². The fourth-order valence-electron chi connectivity index (χ4n) is 1.80. The number of nitrogens with zero attached hydrogens (tertiary/aromatic N) is 4. The fraction of sp³-hybridized carbons (Fsp3) is 0.500. The van der Waals surface area contributed by atoms with E-state index in [1.54, 1.807) is 19.4 Å². The van der Waals surface area contributed by atoms with E-state index in [-0.39, 0.29) is 11.8 Å². The molecule has 2 aromatic heterocycles. The Morgan fingerprint density at radius 3 is 2.83 bits per heavy atom. The molecule has 1 atom stereocenters. The molecule has 96 valence electrons. The van der Waals surface area contributed by atoms with Gasteiger partial charge in [-0.15, -0.1) is 0 Å². The average Bonchev–Trinajstić information content (AvgIpc) is 2.77. The summed E-state index contributed by atoms with van der Waals surface area (Å²) >= 11 is 0. The minimum Gasteiger partial charge on any atom is -0.344 e. The van der Waals surface area contributed by atoms with Crippen LogP contribution in [0.1, 0.15) is 27.2 Å². The minimum absolute atomic E-state index is 0.0881. The molecule has 0 aliphatic heterocycles. The van der Waals surface area contributed by atoms with E-state index in [4.69, 9.17) is 0 Å². The third-order valence-corrected chi connectivity index (χ3v) is 2.90. The van der Waals surface area contributed by atoms with E-state index in [9.17, 15) is 4.79 Å². The van der Waals surface area contributed by atoms with Gasteiger partial charge in [0, 0.05) is 6.54 Å². The normalized spacial score (nSPS) is 12.6. The fourth-order valence-corrected chi connectivity index (χ4v) is 1.80. The predicted molar refractivity (Wildman–Crippen MR) is 69.4 cm³/mol. The molecule has 0 radical (unpaired) electrons. The van der Waals surface area contributed by atoms with E-state index in [1.807, 2.05) is 18.4 Å². The number of Topliss-reactive ketones (excluding diaryl/α,β-unsaturated/α-hetero) is 1. The van der Waals surface area contributed by atoms with Crippen molar-refractivity contribution >= 4 is 22.9 Å². The number of hydrogen-bond donors (Lipinski definition) is 1. The van der Waals surface area contributed by atoms with E-state index >= 15 is 0 Å². The van der Waals surface area contributed by atoms with Gasteiger partial charge in [0.15, 0.2) is 11.4 Å². The van der Waals surface area contributed by atoms with E-state index in [2.05, 4.69) is 20.3 Å². The molecular weight excluding hydrogens is 230 g/mol. The number of fused-ring (bicyclic) bond motifs is 1. The Kier molecular flexibility index (Phi) is 3.55. The number of imidazole rings is 1. The summed E-state index contributed by atoms with van der Waals surface area (Å²) in [5.41, 5.74) is 1.55. The molecule has 0 bridgehead atoms. The lowest BCUT2D eigenvalue weighted by Crippen LogP contribution is -2.27. The van der Waals surface area contributed by atoms with Crippen LogP contribution in [0.25, 0.3) is 11.2 Å². The first kappa shape index (κ1) is 12.5. The highest BCUT2D eigenvalue weighted by Crippen LogP contribution is 2.12. The molecule has 6 nitrogen and oxygen atoms in total. The van der Waals surface area contributed by atoms with Crippen LogP contribution < -0.4 is 5.32 Å². The molecule has 0 spiro atoms. The molecule has 0 saturated carbocycles. The molecule has 0 fully saturated rings. The topological polar surface area (TPSA) is 72.7 Å². The van der Waals surface area contributed by atoms with E-state index < -0.39 is 0 Å². The maximum Gasteiger partial charge on any atom is 0.225 e. The van der Waals surface area contributed by atoms with Crippen LogP contribution in [0.5, 0.6) is 0 Å². The molecule has 2 heterocycles. The summed E-state index contributed by atoms with van der Waals surface area (Å²) < 4.78 is 1.94. The molecule has 0 aliphatic rings. The van der Waals surface area contributed by atoms with Gasteiger partial charge < -0.3 is 9.88 Å². The zero-order chi connectivity index (χ0) is 13.1. The van der Waals surface area contributed by atoms with Gasteiger partial charge >= 0.3 is 0 Å². The molecular formula is C12H17N5O. The van der Waals surface area contributed by atoms with Crippen LogP contribution in [-0.4, -0.2) is 31.3 Å². The van der Waals surface area contributed by atoms with Gasteiger partial charge in [0.05, 0.1) is 18.6 Å². The number of nitrogens with one attached hydrogen (secondary N) is 1. The molecule has 2 rings (SSSR count). The standard InChI is InChI=1S/C12H17N5O/c1-4-9(8(3)18)15-12-13-6-10-11(16-12)17(5-2)7-14-10/h6-7,9H,4-5H2,1-3H3,(H,13,15,16)/t9-/m1/s1. The second-order valence-electron chi connectivity index (χ2n) is 4.15. The zero-order valence-corrected chi connectivity index (χ0v) is 10.8. The summed E-state index contributed by atoms with van der Waals surface area (Å²) in [7, 11) is 0. The van der Waals surface area contributed by atoms with Crippen LogP contribution in [0.2, 0.25) is 0 Å². The van der Waals surface area contributed by atoms with Crippen molar-refractivity contribution in [3.8, 4) is 0 Å². The first-order valence-corrected chi connectivity index (χ1v) is 6.10. The Morgan fingerprint density at radius 1 is 1.44 bits per heavy atom. The summed E-state index contributed by atoms with van der Waals surface area (Å²) in [6, 6.07) is -0.236. The molecule has 0 aromatic carbocycles. The number of hydrogen-bond acceptors (Lipinski definition) is 5. The Hall–Kier alpha value is -1.98. The second kappa shape index (κ2) is 5.12. The van der Waals surface area contributed by atoms with Gasteiger partial charge in [-0.1, -0.05) is 6.92 Å². The lowest BCUT2D eigenvalue weighted by atomic mass is 10.1. The Morgan fingerprint density at radius 2 is 2.22 bits per heavy atom. The molecule has 0 amide bonds. The van der Waals surface area contributed by atoms with Crippen molar-refractivity contribution in [3.05, 3.63) is 12.5 Å². The average molecular weight is 247 g/mol. The highest BCUT2D eigenvalue weighted by Gasteiger charge is 2.13. The molecule has 1 N–H and O–H groups in total. The van der Waals surface area contributed by atoms with Gasteiger partial charge in [0.25, 0.3) is 0 Å². The predicted octanol–water partition coefficient (Wildman–Crippen LogP) is 1.63. The van der Waals surface area contributed by atoms with Gasteiger partial charge in [-0.2, -0.15) is 4.98 Å². The van der Waals surface area contributed by atoms with Gasteiger partial charge in [-0.25, -0.2) is 9.97 Å². The summed E-state index contributed by atoms with van der Waals surface area (Å²) in [5.74, 6) is 0.560. The van der Waals surface area contributed by atoms with Crippen molar-refractivity contribution in [1.29, 1.82) is 0 Å². The Balaban J connectivity index is 2.31. The lowest BCUT2D eigenvalue weighted by Gasteiger charge is -2.13. The number of aromatic nitrogens is 4. The number of rotatable bonds is 5. The largest absolute Gasteiger partial charge is 0.344 e. The quantitative estimate of drug-likeness (QED) is 0.869. The maximum atomic E-state index is 11.4. The first-order valence-electron chi connectivity index (χ1n) is 6.10. The highest BCUT2D eigenvalue weighted by atomic mass is 16.1. The monoisotopic (exact) mass is 247 g/mol. The Bertz CT molecular complexity index is 563. The number of carbonyl (C=O) groups excluding carboxylic acids is 1. The van der Waals surface area contributed by atoms with Crippen LogP contribution in [0.15, 0.2) is 12.5 Å². The first-order chi connectivity index (χ1) is 8.65. The summed E-state index contributed by atoms with van der Waals surface area (Å²) in [6.45, 7) is 6.35. The van der Waals surface area contributed by atoms with Crippen LogP contribution in [0.3, 0.4) is 0 Å². The molecule has 2 aromatic rings. The number of aryl methyl sites for hydroxylation is 1. The summed E-state index contributed by atoms with van der Waals surface area (Å²) in [5, 5.41) is 3.05. The van der Waals surface area contributed by atoms with Crippen molar-refractivity contribution < 1.29 is 4.79 Å². The van der Waals surface area contributed by atoms with Crippen molar-refractivity contribution in [2.24, 2.45) is 0 Å². The smallest absolute Gasteiger partial charge is 0.225 e. The SMILES string of the molecule is CC[C@@H](Nc1ncc2ncn(CC)c2n1)C(C)=O. The zero-order valence-electron chi connectivity index (χ0n) is 10.8. The molecule has 0 unspecified atom stereocenters. The third-order valence-electron chi connectivity index (χ3n) is 2.90. The molecule has 0 aliphatic carbocycles. The molecule has 6 heteroatoms. The maximum absolute atomic E-state index is 11.4. The molecule has 0 saturated heterocycles. The number of carbonyl (C=O) groups is 1. The van der Waals surface area contributed by atoms with E-state index in [1.165, 1.54) is 0 Å². The molecule has 18 heavy (non-hydrogen) atoms. The third kappa shape index (κ3) is 2.32. The second-order valence-corrected chi connectivity index (χ2v) is 4.15. The van der Waals surface area contributed by atoms with Crippen LogP contribution in [-0.2, 0) is 11.3 Å². The highest BCUT2D eigenvalue weighted by molar-refractivity contribution is 5.84. The van der Waals surface area contributed by atoms with Gasteiger partial charge in [-0.3, -0.25) is 4.79 Å². The lowest BCUT2D eigenvalue weighted by molar-refractivity contribution is -0.117. The van der Waals surface area contributed by atoms with E-state index in [0.717, 1.165) is 17.7 Å². The number of anilines is 1. The van der Waals surface area contributed by atoms with Crippen LogP contribution in [0.4, 0.5) is 5.95 Å². The van der Waals surface area contributed by atoms with Gasteiger partial charge in [0.1, 0.15) is 5.52 Å². The van der Waals surface area contributed by atoms with Gasteiger partial charge in [-0.05, 0) is 20.3 Å². The van der Waals surface area contributed by atoms with Crippen molar-refractivity contribution in [3.63, 3.8) is 0 Å². The summed E-state index contributed by atoms with van der Waals surface area (Å²) in [4.78, 5) is 24.2. The Labute approximate surface area is 105 Å². The van der Waals surface area contributed by atoms with Crippen LogP contribution >= 0.6 is 0 Å². The van der Waals surface area contributed by atoms with Crippen molar-refractivity contribution in [1.82, 2.24) is 19.5 Å². The van der Waals surface area contributed by atoms with E-state index in [0.29, 0.717) is 12.4 Å².